The molecule has 1 aromatic heterocycles. The van der Waals surface area contributed by atoms with Gasteiger partial charge in [0.2, 0.25) is 0 Å². The van der Waals surface area contributed by atoms with Gasteiger partial charge in [0.25, 0.3) is 0 Å². The maximum absolute atomic E-state index is 6.18. The molecule has 0 saturated carbocycles. The zero-order valence-electron chi connectivity index (χ0n) is 14.8. The Morgan fingerprint density at radius 3 is 2.42 bits per heavy atom. The summed E-state index contributed by atoms with van der Waals surface area (Å²) >= 11 is 12.1. The van der Waals surface area contributed by atoms with Crippen LogP contribution in [0.2, 0.25) is 10.0 Å². The number of nitrogens with zero attached hydrogens (tertiary/aromatic N) is 4. The molecule has 0 spiro atoms. The van der Waals surface area contributed by atoms with Crippen molar-refractivity contribution in [2.45, 2.75) is 32.2 Å². The van der Waals surface area contributed by atoms with Crippen LogP contribution in [0, 0.1) is 0 Å². The summed E-state index contributed by atoms with van der Waals surface area (Å²) in [5.41, 5.74) is 1.12. The molecular formula is C17H25Cl2IN6. The Morgan fingerprint density at radius 1 is 1.08 bits per heavy atom. The van der Waals surface area contributed by atoms with E-state index in [9.17, 15) is 0 Å². The number of hydrogen-bond donors (Lipinski definition) is 2. The van der Waals surface area contributed by atoms with Gasteiger partial charge in [-0.2, -0.15) is 0 Å². The fourth-order valence-electron chi connectivity index (χ4n) is 2.39. The van der Waals surface area contributed by atoms with E-state index in [1.54, 1.807) is 25.8 Å². The minimum atomic E-state index is 0. The highest BCUT2D eigenvalue weighted by Crippen LogP contribution is 2.21. The van der Waals surface area contributed by atoms with E-state index in [2.05, 4.69) is 25.8 Å². The normalized spacial score (nSPS) is 11.1. The van der Waals surface area contributed by atoms with E-state index in [0.29, 0.717) is 5.02 Å². The van der Waals surface area contributed by atoms with Crippen molar-refractivity contribution in [1.29, 1.82) is 0 Å². The van der Waals surface area contributed by atoms with Crippen LogP contribution in [-0.2, 0) is 13.0 Å². The zero-order valence-corrected chi connectivity index (χ0v) is 18.6. The first-order chi connectivity index (χ1) is 12.2. The molecular weight excluding hydrogens is 486 g/mol. The number of nitrogens with one attached hydrogen (secondary N) is 2. The predicted octanol–water partition coefficient (Wildman–Crippen LogP) is 3.78. The molecule has 0 aliphatic heterocycles. The first kappa shape index (κ1) is 23.0. The molecule has 144 valence electrons. The summed E-state index contributed by atoms with van der Waals surface area (Å²) < 4.78 is 1.98. The predicted molar refractivity (Wildman–Crippen MR) is 119 cm³/mol. The van der Waals surface area contributed by atoms with Gasteiger partial charge in [0.1, 0.15) is 12.7 Å². The summed E-state index contributed by atoms with van der Waals surface area (Å²) in [7, 11) is 1.78. The number of aromatic nitrogens is 3. The highest BCUT2D eigenvalue weighted by molar-refractivity contribution is 14.0. The highest BCUT2D eigenvalue weighted by atomic mass is 127. The van der Waals surface area contributed by atoms with Gasteiger partial charge in [0, 0.05) is 36.7 Å². The summed E-state index contributed by atoms with van der Waals surface area (Å²) in [6.07, 6.45) is 7.46. The molecule has 0 bridgehead atoms. The second-order valence-electron chi connectivity index (χ2n) is 5.67. The zero-order chi connectivity index (χ0) is 17.9. The first-order valence-electron chi connectivity index (χ1n) is 8.40. The van der Waals surface area contributed by atoms with Crippen LogP contribution < -0.4 is 10.6 Å². The molecule has 0 amide bonds. The topological polar surface area (TPSA) is 67.1 Å². The summed E-state index contributed by atoms with van der Waals surface area (Å²) in [5.74, 6) is 0.825. The minimum absolute atomic E-state index is 0. The fraction of sp³-hybridized carbons (Fsp3) is 0.471. The minimum Gasteiger partial charge on any atom is -0.356 e. The molecule has 0 radical (unpaired) electrons. The van der Waals surface area contributed by atoms with Crippen molar-refractivity contribution < 1.29 is 0 Å². The quantitative estimate of drug-likeness (QED) is 0.233. The van der Waals surface area contributed by atoms with Crippen LogP contribution in [0.1, 0.15) is 24.8 Å². The lowest BCUT2D eigenvalue weighted by molar-refractivity contribution is 0.597. The summed E-state index contributed by atoms with van der Waals surface area (Å²) in [6, 6.07) is 5.64. The van der Waals surface area contributed by atoms with Crippen LogP contribution in [0.5, 0.6) is 0 Å². The number of benzene rings is 1. The van der Waals surface area contributed by atoms with Gasteiger partial charge in [-0.15, -0.1) is 34.2 Å². The summed E-state index contributed by atoms with van der Waals surface area (Å²) in [4.78, 5) is 4.24. The highest BCUT2D eigenvalue weighted by Gasteiger charge is 2.02. The lowest BCUT2D eigenvalue weighted by atomic mass is 10.1. The molecule has 0 saturated heterocycles. The molecule has 2 rings (SSSR count). The van der Waals surface area contributed by atoms with E-state index in [1.807, 2.05) is 16.7 Å². The maximum atomic E-state index is 6.18. The van der Waals surface area contributed by atoms with E-state index in [0.717, 1.165) is 61.9 Å². The van der Waals surface area contributed by atoms with E-state index in [-0.39, 0.29) is 24.0 Å². The van der Waals surface area contributed by atoms with Gasteiger partial charge in [0.15, 0.2) is 5.96 Å². The third kappa shape index (κ3) is 8.55. The summed E-state index contributed by atoms with van der Waals surface area (Å²) in [5, 5.41) is 15.6. The van der Waals surface area contributed by atoms with Crippen molar-refractivity contribution in [1.82, 2.24) is 25.4 Å². The number of aryl methyl sites for hydroxylation is 2. The molecule has 26 heavy (non-hydrogen) atoms. The first-order valence-corrected chi connectivity index (χ1v) is 9.15. The Hall–Kier alpha value is -1.06. The van der Waals surface area contributed by atoms with E-state index in [1.165, 1.54) is 0 Å². The molecule has 1 aromatic carbocycles. The van der Waals surface area contributed by atoms with Crippen molar-refractivity contribution in [2.75, 3.05) is 20.1 Å². The molecule has 9 heteroatoms. The van der Waals surface area contributed by atoms with Gasteiger partial charge in [-0.25, -0.2) is 0 Å². The number of halogens is 3. The Bertz CT molecular complexity index is 663. The number of unbranched alkanes of at least 4 members (excludes halogenated alkanes) is 1. The van der Waals surface area contributed by atoms with Gasteiger partial charge in [-0.1, -0.05) is 29.3 Å². The van der Waals surface area contributed by atoms with Crippen LogP contribution in [0.4, 0.5) is 0 Å². The van der Waals surface area contributed by atoms with Crippen molar-refractivity contribution in [2.24, 2.45) is 4.99 Å². The van der Waals surface area contributed by atoms with Gasteiger partial charge in [-0.3, -0.25) is 4.99 Å². The standard InChI is InChI=1S/C17H24Cl2N6.HI/c1-20-17(21-8-2-3-10-25-12-23-24-13-25)22-9-4-5-14-6-7-15(18)11-16(14)19;/h6-7,11-13H,2-5,8-10H2,1H3,(H2,20,21,22);1H. The van der Waals surface area contributed by atoms with E-state index in [4.69, 9.17) is 23.2 Å². The SMILES string of the molecule is CN=C(NCCCCn1cnnc1)NCCCc1ccc(Cl)cc1Cl.I. The molecule has 1 heterocycles. The van der Waals surface area contributed by atoms with Gasteiger partial charge < -0.3 is 15.2 Å². The molecule has 2 N–H and O–H groups in total. The third-order valence-electron chi connectivity index (χ3n) is 3.76. The van der Waals surface area contributed by atoms with Crippen molar-refractivity contribution in [3.8, 4) is 0 Å². The molecule has 0 aliphatic rings. The fourth-order valence-corrected chi connectivity index (χ4v) is 2.90. The third-order valence-corrected chi connectivity index (χ3v) is 4.34. The van der Waals surface area contributed by atoms with Crippen molar-refractivity contribution >= 4 is 53.1 Å². The van der Waals surface area contributed by atoms with Crippen LogP contribution in [0.3, 0.4) is 0 Å². The van der Waals surface area contributed by atoms with Crippen molar-refractivity contribution in [3.05, 3.63) is 46.5 Å². The molecule has 0 atom stereocenters. The average molecular weight is 511 g/mol. The molecule has 6 nitrogen and oxygen atoms in total. The second kappa shape index (κ2) is 13.2. The molecule has 0 unspecified atom stereocenters. The maximum Gasteiger partial charge on any atom is 0.190 e. The molecule has 0 fully saturated rings. The second-order valence-corrected chi connectivity index (χ2v) is 6.52. The van der Waals surface area contributed by atoms with Crippen LogP contribution in [0.15, 0.2) is 35.8 Å². The lowest BCUT2D eigenvalue weighted by Gasteiger charge is -2.12. The Kier molecular flexibility index (Phi) is 11.6. The van der Waals surface area contributed by atoms with Gasteiger partial charge >= 0.3 is 0 Å². The van der Waals surface area contributed by atoms with Crippen LogP contribution in [0.25, 0.3) is 0 Å². The van der Waals surface area contributed by atoms with Gasteiger partial charge in [-0.05, 0) is 43.4 Å². The molecule has 2 aromatic rings. The Balaban J connectivity index is 0.00000338. The van der Waals surface area contributed by atoms with Crippen LogP contribution in [-0.4, -0.2) is 40.9 Å². The van der Waals surface area contributed by atoms with Crippen LogP contribution >= 0.6 is 47.2 Å². The summed E-state index contributed by atoms with van der Waals surface area (Å²) in [6.45, 7) is 2.65. The number of guanidine groups is 1. The number of aliphatic imine (C=N–C) groups is 1. The molecule has 0 aliphatic carbocycles. The lowest BCUT2D eigenvalue weighted by Crippen LogP contribution is -2.38. The van der Waals surface area contributed by atoms with E-state index < -0.39 is 0 Å². The largest absolute Gasteiger partial charge is 0.356 e. The Morgan fingerprint density at radius 2 is 1.77 bits per heavy atom. The smallest absolute Gasteiger partial charge is 0.190 e. The monoisotopic (exact) mass is 510 g/mol. The number of rotatable bonds is 9. The number of hydrogen-bond acceptors (Lipinski definition) is 3. The van der Waals surface area contributed by atoms with Gasteiger partial charge in [0.05, 0.1) is 0 Å². The van der Waals surface area contributed by atoms with Crippen molar-refractivity contribution in [3.63, 3.8) is 0 Å². The average Bonchev–Trinajstić information content (AvgIpc) is 3.11. The Labute approximate surface area is 181 Å². The van der Waals surface area contributed by atoms with E-state index >= 15 is 0 Å².